The van der Waals surface area contributed by atoms with E-state index in [-0.39, 0.29) is 28.8 Å². The zero-order valence-corrected chi connectivity index (χ0v) is 27.0. The number of morpholine rings is 1. The van der Waals surface area contributed by atoms with Crippen molar-refractivity contribution in [2.24, 2.45) is 18.1 Å². The van der Waals surface area contributed by atoms with Gasteiger partial charge in [-0.1, -0.05) is 23.4 Å². The lowest BCUT2D eigenvalue weighted by molar-refractivity contribution is -0.0000307. The minimum absolute atomic E-state index is 0.0481. The number of rotatable bonds is 8. The van der Waals surface area contributed by atoms with Crippen molar-refractivity contribution in [3.63, 3.8) is 0 Å². The molecule has 0 unspecified atom stereocenters. The van der Waals surface area contributed by atoms with Crippen molar-refractivity contribution < 1.29 is 9.57 Å². The van der Waals surface area contributed by atoms with Gasteiger partial charge in [0.05, 0.1) is 30.1 Å². The third-order valence-corrected chi connectivity index (χ3v) is 8.89. The van der Waals surface area contributed by atoms with Crippen LogP contribution >= 0.6 is 0 Å². The number of aryl methyl sites for hydroxylation is 1. The molecule has 2 fully saturated rings. The van der Waals surface area contributed by atoms with E-state index in [1.165, 1.54) is 10.1 Å². The van der Waals surface area contributed by atoms with E-state index in [9.17, 15) is 15.3 Å². The fourth-order valence-corrected chi connectivity index (χ4v) is 6.37. The Morgan fingerprint density at radius 1 is 1.11 bits per heavy atom. The van der Waals surface area contributed by atoms with Crippen molar-refractivity contribution in [1.82, 2.24) is 14.5 Å². The van der Waals surface area contributed by atoms with Crippen LogP contribution in [0.15, 0.2) is 46.3 Å². The van der Waals surface area contributed by atoms with Gasteiger partial charge in [-0.05, 0) is 82.2 Å². The summed E-state index contributed by atoms with van der Waals surface area (Å²) in [6.45, 7) is 10.6. The van der Waals surface area contributed by atoms with E-state index >= 15 is 0 Å². The summed E-state index contributed by atoms with van der Waals surface area (Å²) in [5.74, 6) is 0.200. The number of pyridine rings is 2. The largest absolute Gasteiger partial charge is 0.390 e. The molecule has 0 amide bonds. The van der Waals surface area contributed by atoms with E-state index < -0.39 is 5.60 Å². The monoisotopic (exact) mass is 609 g/mol. The fourth-order valence-electron chi connectivity index (χ4n) is 6.37. The zero-order chi connectivity index (χ0) is 32.1. The standard InChI is InChI=1S/C35H43N7O3/c1-35(2,3)45-39-31(26-8-6-7-24(21-26)15-16-42-17-19-44-20-18-42)25-9-12-28(13-10-25)40(4)33-29(23-37)34(43)41(5)30-14-11-27(22-36)38-32(30)33/h6-8,11,14,21,25,28H,9-10,12-13,15-20H2,1-5H3/b39-31+. The summed E-state index contributed by atoms with van der Waals surface area (Å²) in [6.07, 6.45) is 4.39. The van der Waals surface area contributed by atoms with Crippen LogP contribution < -0.4 is 10.5 Å². The summed E-state index contributed by atoms with van der Waals surface area (Å²) in [5.41, 5.74) is 4.43. The maximum atomic E-state index is 13.2. The molecule has 1 aliphatic heterocycles. The second kappa shape index (κ2) is 13.8. The molecule has 10 nitrogen and oxygen atoms in total. The average molecular weight is 610 g/mol. The average Bonchev–Trinajstić information content (AvgIpc) is 3.05. The molecular weight excluding hydrogens is 566 g/mol. The third kappa shape index (κ3) is 7.36. The number of nitrogens with zero attached hydrogens (tertiary/aromatic N) is 7. The summed E-state index contributed by atoms with van der Waals surface area (Å²) in [5, 5.41) is 24.3. The van der Waals surface area contributed by atoms with Gasteiger partial charge in [0.1, 0.15) is 34.5 Å². The Morgan fingerprint density at radius 3 is 2.51 bits per heavy atom. The van der Waals surface area contributed by atoms with Crippen LogP contribution in [0.3, 0.4) is 0 Å². The highest BCUT2D eigenvalue weighted by molar-refractivity contribution is 6.02. The lowest BCUT2D eigenvalue weighted by Gasteiger charge is -2.37. The van der Waals surface area contributed by atoms with Gasteiger partial charge in [0, 0.05) is 45.7 Å². The summed E-state index contributed by atoms with van der Waals surface area (Å²) in [7, 11) is 3.56. The quantitative estimate of drug-likeness (QED) is 0.265. The maximum absolute atomic E-state index is 13.2. The highest BCUT2D eigenvalue weighted by Gasteiger charge is 2.31. The van der Waals surface area contributed by atoms with Crippen LogP contribution in [-0.2, 0) is 23.0 Å². The number of nitriles is 2. The Morgan fingerprint density at radius 2 is 1.84 bits per heavy atom. The minimum Gasteiger partial charge on any atom is -0.390 e. The van der Waals surface area contributed by atoms with E-state index in [4.69, 9.17) is 14.7 Å². The van der Waals surface area contributed by atoms with Crippen LogP contribution in [0.5, 0.6) is 0 Å². The van der Waals surface area contributed by atoms with Gasteiger partial charge in [-0.15, -0.1) is 0 Å². The normalized spacial score (nSPS) is 19.6. The first kappa shape index (κ1) is 32.2. The van der Waals surface area contributed by atoms with Crippen molar-refractivity contribution in [2.45, 2.75) is 64.5 Å². The summed E-state index contributed by atoms with van der Waals surface area (Å²) >= 11 is 0. The van der Waals surface area contributed by atoms with Crippen molar-refractivity contribution in [2.75, 3.05) is 44.8 Å². The first-order chi connectivity index (χ1) is 21.6. The molecule has 0 radical (unpaired) electrons. The number of hydrogen-bond donors (Lipinski definition) is 0. The lowest BCUT2D eigenvalue weighted by atomic mass is 9.80. The minimum atomic E-state index is -0.417. The van der Waals surface area contributed by atoms with Crippen LogP contribution in [0.1, 0.15) is 68.8 Å². The molecule has 236 valence electrons. The molecule has 1 saturated carbocycles. The Kier molecular flexibility index (Phi) is 9.86. The smallest absolute Gasteiger partial charge is 0.270 e. The van der Waals surface area contributed by atoms with Crippen molar-refractivity contribution >= 4 is 22.4 Å². The van der Waals surface area contributed by atoms with E-state index in [1.54, 1.807) is 19.2 Å². The number of aromatic nitrogens is 2. The fraction of sp³-hybridized carbons (Fsp3) is 0.514. The molecule has 5 rings (SSSR count). The molecule has 3 heterocycles. The Balaban J connectivity index is 1.38. The van der Waals surface area contributed by atoms with Gasteiger partial charge in [0.2, 0.25) is 0 Å². The molecular formula is C35H43N7O3. The van der Waals surface area contributed by atoms with Gasteiger partial charge < -0.3 is 19.0 Å². The predicted molar refractivity (Wildman–Crippen MR) is 175 cm³/mol. The number of oxime groups is 1. The Bertz CT molecular complexity index is 1700. The van der Waals surface area contributed by atoms with Gasteiger partial charge in [-0.3, -0.25) is 9.69 Å². The molecule has 0 N–H and O–H groups in total. The predicted octanol–water partition coefficient (Wildman–Crippen LogP) is 4.77. The summed E-state index contributed by atoms with van der Waals surface area (Å²) in [4.78, 5) is 28.2. The van der Waals surface area contributed by atoms with Gasteiger partial charge in [-0.2, -0.15) is 10.5 Å². The number of fused-ring (bicyclic) bond motifs is 1. The van der Waals surface area contributed by atoms with Crippen LogP contribution in [-0.4, -0.2) is 71.7 Å². The van der Waals surface area contributed by atoms with Crippen LogP contribution in [0, 0.1) is 28.6 Å². The van der Waals surface area contributed by atoms with E-state index in [1.807, 2.05) is 32.7 Å². The van der Waals surface area contributed by atoms with Crippen molar-refractivity contribution in [3.05, 3.63) is 69.1 Å². The lowest BCUT2D eigenvalue weighted by Crippen LogP contribution is -2.39. The molecule has 3 aromatic rings. The zero-order valence-electron chi connectivity index (χ0n) is 27.0. The topological polar surface area (TPSA) is 120 Å². The molecule has 0 spiro atoms. The van der Waals surface area contributed by atoms with Gasteiger partial charge in [0.15, 0.2) is 0 Å². The van der Waals surface area contributed by atoms with Gasteiger partial charge in [0.25, 0.3) is 5.56 Å². The molecule has 0 atom stereocenters. The van der Waals surface area contributed by atoms with Gasteiger partial charge in [-0.25, -0.2) is 4.98 Å². The SMILES string of the molecule is CN(c1c(C#N)c(=O)n(C)c2ccc(C#N)nc12)C1CCC(/C(=N\OC(C)(C)C)c2cccc(CCN3CCOCC3)c2)CC1. The Labute approximate surface area is 265 Å². The first-order valence-electron chi connectivity index (χ1n) is 15.8. The number of ether oxygens (including phenoxy) is 1. The maximum Gasteiger partial charge on any atom is 0.270 e. The van der Waals surface area contributed by atoms with Crippen molar-refractivity contribution in [1.29, 1.82) is 10.5 Å². The first-order valence-corrected chi connectivity index (χ1v) is 15.8. The summed E-state index contributed by atoms with van der Waals surface area (Å²) < 4.78 is 6.94. The van der Waals surface area contributed by atoms with E-state index in [2.05, 4.69) is 46.3 Å². The molecule has 45 heavy (non-hydrogen) atoms. The summed E-state index contributed by atoms with van der Waals surface area (Å²) in [6, 6.07) is 16.3. The van der Waals surface area contributed by atoms with Gasteiger partial charge >= 0.3 is 0 Å². The van der Waals surface area contributed by atoms with Crippen LogP contribution in [0.4, 0.5) is 5.69 Å². The van der Waals surface area contributed by atoms with Crippen LogP contribution in [0.2, 0.25) is 0 Å². The molecule has 2 aliphatic rings. The number of anilines is 1. The van der Waals surface area contributed by atoms with E-state index in [0.29, 0.717) is 16.7 Å². The second-order valence-electron chi connectivity index (χ2n) is 13.1. The molecule has 1 saturated heterocycles. The highest BCUT2D eigenvalue weighted by Crippen LogP contribution is 2.35. The molecule has 1 aliphatic carbocycles. The number of benzene rings is 1. The Hall–Kier alpha value is -4.25. The molecule has 0 bridgehead atoms. The van der Waals surface area contributed by atoms with E-state index in [0.717, 1.165) is 76.2 Å². The number of hydrogen-bond acceptors (Lipinski definition) is 9. The van der Waals surface area contributed by atoms with Crippen molar-refractivity contribution in [3.8, 4) is 12.1 Å². The third-order valence-electron chi connectivity index (χ3n) is 8.89. The molecule has 2 aromatic heterocycles. The second-order valence-corrected chi connectivity index (χ2v) is 13.1. The highest BCUT2D eigenvalue weighted by atomic mass is 16.6. The molecule has 10 heteroatoms. The molecule has 1 aromatic carbocycles. The van der Waals surface area contributed by atoms with Crippen LogP contribution in [0.25, 0.3) is 11.0 Å².